The van der Waals surface area contributed by atoms with E-state index in [1.54, 1.807) is 40.1 Å². The second-order valence-corrected chi connectivity index (χ2v) is 14.4. The number of benzene rings is 4. The topological polar surface area (TPSA) is 141 Å². The molecular formula is C44H53F2N7O7. The quantitative estimate of drug-likeness (QED) is 0.156. The number of methoxy groups -OCH3 is 3. The molecule has 0 radical (unpaired) electrons. The molecule has 2 N–H and O–H groups in total. The minimum absolute atomic E-state index is 0.00116. The van der Waals surface area contributed by atoms with Crippen molar-refractivity contribution in [3.63, 3.8) is 0 Å². The van der Waals surface area contributed by atoms with E-state index in [4.69, 9.17) is 15.2 Å². The van der Waals surface area contributed by atoms with E-state index in [2.05, 4.69) is 14.5 Å². The summed E-state index contributed by atoms with van der Waals surface area (Å²) in [6.45, 7) is 5.27. The summed E-state index contributed by atoms with van der Waals surface area (Å²) in [6, 6.07) is 22.2. The van der Waals surface area contributed by atoms with Crippen molar-refractivity contribution in [1.82, 2.24) is 19.6 Å². The van der Waals surface area contributed by atoms with Gasteiger partial charge in [-0.25, -0.2) is 23.2 Å². The van der Waals surface area contributed by atoms with Gasteiger partial charge in [0, 0.05) is 69.0 Å². The van der Waals surface area contributed by atoms with E-state index in [0.717, 1.165) is 32.2 Å². The number of piperazine rings is 2. The average Bonchev–Trinajstić information content (AvgIpc) is 3.27. The lowest BCUT2D eigenvalue weighted by atomic mass is 10.1. The van der Waals surface area contributed by atoms with E-state index < -0.39 is 17.6 Å². The van der Waals surface area contributed by atoms with Crippen LogP contribution in [0, 0.1) is 11.6 Å². The van der Waals surface area contributed by atoms with Gasteiger partial charge in [0.05, 0.1) is 57.9 Å². The minimum atomic E-state index is -0.615. The van der Waals surface area contributed by atoms with Gasteiger partial charge in [0.2, 0.25) is 0 Å². The largest absolute Gasteiger partial charge is 0.495 e. The summed E-state index contributed by atoms with van der Waals surface area (Å²) in [5, 5.41) is 0. The zero-order valence-corrected chi connectivity index (χ0v) is 34.7. The summed E-state index contributed by atoms with van der Waals surface area (Å²) in [4.78, 5) is 61.1. The number of hydrogen-bond donors (Lipinski definition) is 1. The molecule has 6 rings (SSSR count). The molecule has 2 aliphatic heterocycles. The maximum absolute atomic E-state index is 14.8. The summed E-state index contributed by atoms with van der Waals surface area (Å²) in [6.07, 6.45) is 0. The Balaban J connectivity index is 0.000000228. The molecular weight excluding hydrogens is 777 g/mol. The van der Waals surface area contributed by atoms with Crippen molar-refractivity contribution >= 4 is 35.2 Å². The predicted octanol–water partition coefficient (Wildman–Crippen LogP) is 5.34. The van der Waals surface area contributed by atoms with Gasteiger partial charge in [-0.3, -0.25) is 14.6 Å². The van der Waals surface area contributed by atoms with Gasteiger partial charge in [0.25, 0.3) is 0 Å². The fourth-order valence-corrected chi connectivity index (χ4v) is 6.78. The number of hydrogen-bond acceptors (Lipinski definition) is 10. The molecule has 4 aromatic rings. The van der Waals surface area contributed by atoms with E-state index in [0.29, 0.717) is 54.6 Å². The summed E-state index contributed by atoms with van der Waals surface area (Å²) in [5.41, 5.74) is 7.41. The normalized spacial score (nSPS) is 14.4. The summed E-state index contributed by atoms with van der Waals surface area (Å²) in [5.74, 6) is -1.04. The Bertz CT molecular complexity index is 1980. The highest BCUT2D eigenvalue weighted by Gasteiger charge is 2.30. The molecule has 0 aromatic heterocycles. The molecule has 2 saturated heterocycles. The van der Waals surface area contributed by atoms with E-state index in [-0.39, 0.29) is 54.2 Å². The number of amides is 4. The maximum Gasteiger partial charge on any atom is 0.337 e. The number of likely N-dealkylation sites (N-methyl/N-ethyl adjacent to an activating group) is 2. The lowest BCUT2D eigenvalue weighted by Gasteiger charge is -2.36. The molecule has 2 fully saturated rings. The number of carbonyl (C=O) groups is 4. The molecule has 2 aliphatic rings. The Hall–Kier alpha value is -6.10. The fraction of sp³-hybridized carbons (Fsp3) is 0.364. The number of anilines is 2. The molecule has 14 nitrogen and oxygen atoms in total. The number of nitrogens with zero attached hydrogens (tertiary/aromatic N) is 6. The Morgan fingerprint density at radius 3 is 1.38 bits per heavy atom. The van der Waals surface area contributed by atoms with Crippen LogP contribution in [0.25, 0.3) is 0 Å². The number of rotatable bonds is 11. The van der Waals surface area contributed by atoms with Crippen LogP contribution in [0.3, 0.4) is 0 Å². The first-order chi connectivity index (χ1) is 28.9. The Kier molecular flexibility index (Phi) is 15.9. The van der Waals surface area contributed by atoms with Crippen LogP contribution in [-0.2, 0) is 17.8 Å². The lowest BCUT2D eigenvalue weighted by molar-refractivity contribution is 0.0600. The van der Waals surface area contributed by atoms with Gasteiger partial charge in [-0.1, -0.05) is 42.5 Å². The number of urea groups is 2. The summed E-state index contributed by atoms with van der Waals surface area (Å²) in [7, 11) is 8.33. The predicted molar refractivity (Wildman–Crippen MR) is 225 cm³/mol. The molecule has 0 aliphatic carbocycles. The number of ketones is 1. The Labute approximate surface area is 349 Å². The van der Waals surface area contributed by atoms with Gasteiger partial charge in [-0.2, -0.15) is 0 Å². The van der Waals surface area contributed by atoms with Crippen molar-refractivity contribution in [2.24, 2.45) is 5.73 Å². The van der Waals surface area contributed by atoms with Crippen molar-refractivity contribution in [3.05, 3.63) is 119 Å². The van der Waals surface area contributed by atoms with Gasteiger partial charge >= 0.3 is 18.0 Å². The van der Waals surface area contributed by atoms with Crippen LogP contribution in [0.4, 0.5) is 29.7 Å². The maximum atomic E-state index is 14.8. The van der Waals surface area contributed by atoms with Crippen LogP contribution in [0.1, 0.15) is 31.8 Å². The number of Topliss-reactive ketones (excluding diaryl/α,β-unsaturated/α-hetero) is 1. The number of carbonyl (C=O) groups excluding carboxylic acids is 4. The number of esters is 1. The number of halogens is 2. The molecule has 0 saturated carbocycles. The Morgan fingerprint density at radius 1 is 0.600 bits per heavy atom. The monoisotopic (exact) mass is 829 g/mol. The zero-order chi connectivity index (χ0) is 43.3. The summed E-state index contributed by atoms with van der Waals surface area (Å²) >= 11 is 0. The van der Waals surface area contributed by atoms with Gasteiger partial charge in [-0.05, 0) is 56.6 Å². The molecule has 2 heterocycles. The second-order valence-electron chi connectivity index (χ2n) is 14.4. The first-order valence-corrected chi connectivity index (χ1v) is 19.5. The van der Waals surface area contributed by atoms with Crippen LogP contribution < -0.4 is 25.0 Å². The molecule has 0 spiro atoms. The van der Waals surface area contributed by atoms with E-state index in [1.165, 1.54) is 61.5 Å². The van der Waals surface area contributed by atoms with Gasteiger partial charge in [0.1, 0.15) is 23.1 Å². The van der Waals surface area contributed by atoms with Crippen molar-refractivity contribution < 1.29 is 42.2 Å². The highest BCUT2D eigenvalue weighted by Crippen LogP contribution is 2.32. The molecule has 0 bridgehead atoms. The highest BCUT2D eigenvalue weighted by molar-refractivity contribution is 5.98. The minimum Gasteiger partial charge on any atom is -0.495 e. The van der Waals surface area contributed by atoms with Crippen molar-refractivity contribution in [3.8, 4) is 11.5 Å². The van der Waals surface area contributed by atoms with Gasteiger partial charge in [0.15, 0.2) is 5.78 Å². The number of ether oxygens (including phenoxy) is 3. The first-order valence-electron chi connectivity index (χ1n) is 19.5. The summed E-state index contributed by atoms with van der Waals surface area (Å²) < 4.78 is 45.1. The fourth-order valence-electron chi connectivity index (χ4n) is 6.78. The van der Waals surface area contributed by atoms with E-state index in [1.807, 2.05) is 32.3 Å². The molecule has 16 heteroatoms. The number of nitrogens with two attached hydrogens (primary N) is 1. The lowest BCUT2D eigenvalue weighted by Crippen LogP contribution is -2.52. The molecule has 4 amide bonds. The second kappa shape index (κ2) is 21.2. The third-order valence-electron chi connectivity index (χ3n) is 10.5. The van der Waals surface area contributed by atoms with Crippen LogP contribution in [0.5, 0.6) is 11.5 Å². The molecule has 4 aromatic carbocycles. The van der Waals surface area contributed by atoms with Crippen LogP contribution in [0.2, 0.25) is 0 Å². The first kappa shape index (κ1) is 45.0. The smallest absolute Gasteiger partial charge is 0.337 e. The van der Waals surface area contributed by atoms with Crippen molar-refractivity contribution in [1.29, 1.82) is 0 Å². The Morgan fingerprint density at radius 2 is 1.00 bits per heavy atom. The average molecular weight is 830 g/mol. The molecule has 320 valence electrons. The van der Waals surface area contributed by atoms with Gasteiger partial charge < -0.3 is 39.5 Å². The zero-order valence-electron chi connectivity index (χ0n) is 34.7. The van der Waals surface area contributed by atoms with Crippen LogP contribution in [-0.4, -0.2) is 138 Å². The van der Waals surface area contributed by atoms with E-state index in [9.17, 15) is 28.0 Å². The SMILES string of the molecule is COC(=O)c1ccc(CN(C(=O)N2CCN(C)CC2)c2ccccc2OC)c(F)c1.COc1ccccc1N(Cc1ccc(C(=O)CN)cc1F)C(=O)N1CCN(C)CC1. The third-order valence-corrected chi connectivity index (χ3v) is 10.5. The van der Waals surface area contributed by atoms with Gasteiger partial charge in [-0.15, -0.1) is 0 Å². The highest BCUT2D eigenvalue weighted by atomic mass is 19.1. The van der Waals surface area contributed by atoms with Crippen molar-refractivity contribution in [2.75, 3.05) is 104 Å². The molecule has 0 unspecified atom stereocenters. The number of para-hydroxylation sites is 4. The standard InChI is InChI=1S/C22H27FN4O3.C22H26FN3O4/c1-25-9-11-26(12-10-25)22(29)27(19-5-3-4-6-21(19)30-2)15-17-8-7-16(13-18(17)23)20(28)14-24;1-24-10-12-25(13-11-24)22(28)26(19-6-4-5-7-20(19)29-2)15-17-9-8-16(14-18(17)23)21(27)30-3/h3-8,13H,9-12,14-15,24H2,1-2H3;4-9,14H,10-13,15H2,1-3H3. The third kappa shape index (κ3) is 11.1. The van der Waals surface area contributed by atoms with Crippen LogP contribution in [0.15, 0.2) is 84.9 Å². The van der Waals surface area contributed by atoms with Crippen molar-refractivity contribution in [2.45, 2.75) is 13.1 Å². The van der Waals surface area contributed by atoms with E-state index >= 15 is 0 Å². The molecule has 0 atom stereocenters. The van der Waals surface area contributed by atoms with Crippen LogP contribution >= 0.6 is 0 Å². The molecule has 60 heavy (non-hydrogen) atoms.